The van der Waals surface area contributed by atoms with Crippen LogP contribution in [0.2, 0.25) is 0 Å². The summed E-state index contributed by atoms with van der Waals surface area (Å²) < 4.78 is 51.4. The van der Waals surface area contributed by atoms with Crippen LogP contribution in [-0.4, -0.2) is 0 Å². The number of hydrogen-bond donors (Lipinski definition) is 1. The topological polar surface area (TPSA) is 26.0 Å². The van der Waals surface area contributed by atoms with Gasteiger partial charge in [-0.15, -0.1) is 0 Å². The molecule has 0 unspecified atom stereocenters. The van der Waals surface area contributed by atoms with Gasteiger partial charge in [0.05, 0.1) is 5.56 Å². The minimum atomic E-state index is -4.41. The summed E-state index contributed by atoms with van der Waals surface area (Å²) >= 11 is 1.06. The molecule has 0 heterocycles. The second-order valence-electron chi connectivity index (χ2n) is 4.06. The van der Waals surface area contributed by atoms with Crippen LogP contribution in [-0.2, 0) is 12.7 Å². The zero-order chi connectivity index (χ0) is 14.8. The van der Waals surface area contributed by atoms with Gasteiger partial charge in [0.2, 0.25) is 0 Å². The highest BCUT2D eigenvalue weighted by molar-refractivity contribution is 7.99. The van der Waals surface area contributed by atoms with Crippen LogP contribution < -0.4 is 5.73 Å². The third kappa shape index (κ3) is 3.32. The van der Waals surface area contributed by atoms with Gasteiger partial charge < -0.3 is 5.73 Å². The maximum absolute atomic E-state index is 13.5. The average molecular weight is 301 g/mol. The summed E-state index contributed by atoms with van der Waals surface area (Å²) in [4.78, 5) is 0.868. The van der Waals surface area contributed by atoms with Crippen LogP contribution in [0.25, 0.3) is 0 Å². The van der Waals surface area contributed by atoms with E-state index < -0.39 is 17.6 Å². The molecule has 0 aliphatic carbocycles. The van der Waals surface area contributed by atoms with Crippen molar-refractivity contribution >= 4 is 11.8 Å². The Hall–Kier alpha value is -1.53. The Morgan fingerprint density at radius 2 is 1.70 bits per heavy atom. The van der Waals surface area contributed by atoms with Crippen LogP contribution in [0.15, 0.2) is 52.3 Å². The Morgan fingerprint density at radius 1 is 1.00 bits per heavy atom. The Morgan fingerprint density at radius 3 is 2.30 bits per heavy atom. The Bertz CT molecular complexity index is 610. The highest BCUT2D eigenvalue weighted by atomic mass is 32.2. The van der Waals surface area contributed by atoms with Crippen molar-refractivity contribution in [1.29, 1.82) is 0 Å². The zero-order valence-corrected chi connectivity index (χ0v) is 11.1. The molecule has 0 atom stereocenters. The first-order valence-corrected chi connectivity index (χ1v) is 6.56. The summed E-state index contributed by atoms with van der Waals surface area (Å²) in [6.45, 7) is -0.0410. The molecule has 2 rings (SSSR count). The van der Waals surface area contributed by atoms with Gasteiger partial charge in [0.15, 0.2) is 0 Å². The molecule has 0 saturated carbocycles. The molecule has 106 valence electrons. The summed E-state index contributed by atoms with van der Waals surface area (Å²) in [5.41, 5.74) is 5.07. The normalized spacial score (nSPS) is 11.7. The van der Waals surface area contributed by atoms with E-state index in [2.05, 4.69) is 0 Å². The van der Waals surface area contributed by atoms with Gasteiger partial charge in [-0.25, -0.2) is 4.39 Å². The molecule has 0 amide bonds. The van der Waals surface area contributed by atoms with E-state index in [4.69, 9.17) is 5.73 Å². The summed E-state index contributed by atoms with van der Waals surface area (Å²) in [7, 11) is 0. The molecule has 0 bridgehead atoms. The van der Waals surface area contributed by atoms with Crippen LogP contribution in [0.3, 0.4) is 0 Å². The lowest BCUT2D eigenvalue weighted by Crippen LogP contribution is -2.07. The number of rotatable bonds is 3. The van der Waals surface area contributed by atoms with Crippen molar-refractivity contribution in [3.8, 4) is 0 Å². The highest BCUT2D eigenvalue weighted by Gasteiger charge is 2.30. The van der Waals surface area contributed by atoms with Crippen LogP contribution in [0, 0.1) is 5.82 Å². The van der Waals surface area contributed by atoms with E-state index in [1.165, 1.54) is 12.1 Å². The molecule has 2 aromatic carbocycles. The predicted octanol–water partition coefficient (Wildman–Crippen LogP) is 4.45. The van der Waals surface area contributed by atoms with E-state index in [9.17, 15) is 17.6 Å². The number of halogens is 4. The Labute approximate surface area is 117 Å². The first-order chi connectivity index (χ1) is 9.41. The molecular formula is C14H11F4NS. The van der Waals surface area contributed by atoms with Crippen molar-refractivity contribution < 1.29 is 17.6 Å². The molecule has 2 N–H and O–H groups in total. The van der Waals surface area contributed by atoms with Crippen LogP contribution in [0.5, 0.6) is 0 Å². The Kier molecular flexibility index (Phi) is 4.35. The van der Waals surface area contributed by atoms with Gasteiger partial charge in [0.25, 0.3) is 0 Å². The van der Waals surface area contributed by atoms with Gasteiger partial charge in [-0.3, -0.25) is 0 Å². The smallest absolute Gasteiger partial charge is 0.326 e. The second kappa shape index (κ2) is 5.85. The average Bonchev–Trinajstić information content (AvgIpc) is 2.40. The Balaban J connectivity index is 2.36. The SMILES string of the molecule is NCc1cc(C(F)(F)F)ccc1Sc1ccccc1F. The van der Waals surface area contributed by atoms with Crippen LogP contribution in [0.4, 0.5) is 17.6 Å². The van der Waals surface area contributed by atoms with Crippen molar-refractivity contribution in [2.75, 3.05) is 0 Å². The first kappa shape index (κ1) is 14.9. The lowest BCUT2D eigenvalue weighted by molar-refractivity contribution is -0.137. The highest BCUT2D eigenvalue weighted by Crippen LogP contribution is 2.36. The molecule has 0 aromatic heterocycles. The van der Waals surface area contributed by atoms with E-state index in [0.717, 1.165) is 23.9 Å². The van der Waals surface area contributed by atoms with Crippen molar-refractivity contribution in [2.45, 2.75) is 22.5 Å². The summed E-state index contributed by atoms with van der Waals surface area (Å²) in [6, 6.07) is 9.38. The molecule has 0 radical (unpaired) electrons. The predicted molar refractivity (Wildman–Crippen MR) is 69.9 cm³/mol. The molecule has 1 nitrogen and oxygen atoms in total. The van der Waals surface area contributed by atoms with E-state index in [-0.39, 0.29) is 6.54 Å². The number of alkyl halides is 3. The van der Waals surface area contributed by atoms with Gasteiger partial charge in [0.1, 0.15) is 5.82 Å². The van der Waals surface area contributed by atoms with Crippen molar-refractivity contribution in [2.24, 2.45) is 5.73 Å². The molecule has 0 fully saturated rings. The minimum Gasteiger partial charge on any atom is -0.326 e. The lowest BCUT2D eigenvalue weighted by atomic mass is 10.1. The first-order valence-electron chi connectivity index (χ1n) is 5.74. The number of benzene rings is 2. The van der Waals surface area contributed by atoms with E-state index in [0.29, 0.717) is 15.4 Å². The van der Waals surface area contributed by atoms with Gasteiger partial charge in [-0.05, 0) is 35.9 Å². The van der Waals surface area contributed by atoms with E-state index >= 15 is 0 Å². The van der Waals surface area contributed by atoms with Crippen molar-refractivity contribution in [1.82, 2.24) is 0 Å². The minimum absolute atomic E-state index is 0.0410. The molecule has 0 spiro atoms. The third-order valence-corrected chi connectivity index (χ3v) is 3.83. The standard InChI is InChI=1S/C14H11F4NS/c15-11-3-1-2-4-13(11)20-12-6-5-10(14(16,17)18)7-9(12)8-19/h1-7H,8,19H2. The summed E-state index contributed by atoms with van der Waals surface area (Å²) in [5, 5.41) is 0. The fourth-order valence-electron chi connectivity index (χ4n) is 1.66. The van der Waals surface area contributed by atoms with Crippen molar-refractivity contribution in [3.63, 3.8) is 0 Å². The largest absolute Gasteiger partial charge is 0.416 e. The fraction of sp³-hybridized carbons (Fsp3) is 0.143. The number of nitrogens with two attached hydrogens (primary N) is 1. The summed E-state index contributed by atoms with van der Waals surface area (Å²) in [5.74, 6) is -0.416. The van der Waals surface area contributed by atoms with Gasteiger partial charge in [-0.1, -0.05) is 23.9 Å². The molecule has 20 heavy (non-hydrogen) atoms. The van der Waals surface area contributed by atoms with E-state index in [1.807, 2.05) is 0 Å². The molecule has 2 aromatic rings. The van der Waals surface area contributed by atoms with E-state index in [1.54, 1.807) is 18.2 Å². The molecule has 0 aliphatic heterocycles. The molecule has 0 saturated heterocycles. The molecule has 6 heteroatoms. The number of hydrogen-bond acceptors (Lipinski definition) is 2. The van der Waals surface area contributed by atoms with Crippen molar-refractivity contribution in [3.05, 3.63) is 59.4 Å². The fourth-order valence-corrected chi connectivity index (χ4v) is 2.62. The maximum Gasteiger partial charge on any atom is 0.416 e. The molecular weight excluding hydrogens is 290 g/mol. The maximum atomic E-state index is 13.5. The molecule has 0 aliphatic rings. The van der Waals surface area contributed by atoms with Gasteiger partial charge in [0, 0.05) is 16.3 Å². The van der Waals surface area contributed by atoms with Gasteiger partial charge in [-0.2, -0.15) is 13.2 Å². The monoisotopic (exact) mass is 301 g/mol. The third-order valence-electron chi connectivity index (χ3n) is 2.66. The quantitative estimate of drug-likeness (QED) is 0.847. The zero-order valence-electron chi connectivity index (χ0n) is 10.2. The van der Waals surface area contributed by atoms with Gasteiger partial charge >= 0.3 is 6.18 Å². The summed E-state index contributed by atoms with van der Waals surface area (Å²) in [6.07, 6.45) is -4.41. The second-order valence-corrected chi connectivity index (χ2v) is 5.14. The van der Waals surface area contributed by atoms with Crippen LogP contribution in [0.1, 0.15) is 11.1 Å². The van der Waals surface area contributed by atoms with Crippen LogP contribution >= 0.6 is 11.8 Å². The lowest BCUT2D eigenvalue weighted by Gasteiger charge is -2.12.